The molecule has 0 aliphatic carbocycles. The lowest BCUT2D eigenvalue weighted by atomic mass is 10.4. The molecule has 138 valence electrons. The zero-order valence-electron chi connectivity index (χ0n) is 14.8. The van der Waals surface area contributed by atoms with Crippen LogP contribution in [0.4, 0.5) is 0 Å². The summed E-state index contributed by atoms with van der Waals surface area (Å²) in [6.45, 7) is 3.86. The molecule has 0 fully saturated rings. The second-order valence-electron chi connectivity index (χ2n) is 5.12. The fourth-order valence-electron chi connectivity index (χ4n) is 1.65. The minimum Gasteiger partial charge on any atom is -0.356 e. The lowest BCUT2D eigenvalue weighted by Crippen LogP contribution is -2.40. The fourth-order valence-corrected chi connectivity index (χ4v) is 2.82. The maximum atomic E-state index is 11.7. The normalized spacial score (nSPS) is 10.9. The zero-order chi connectivity index (χ0) is 17.1. The van der Waals surface area contributed by atoms with Crippen molar-refractivity contribution in [1.82, 2.24) is 20.5 Å². The standard InChI is InChI=1S/C15H27N5OS2.HI/c1-5-12-10-18-13(23-12)6-7-16-15(17-8-9-22-4)19-11-14(21)20(2)3;/h10H,5-9,11H2,1-4H3,(H2,16,17,19);1H. The third-order valence-corrected chi connectivity index (χ3v) is 4.86. The molecule has 0 saturated heterocycles. The van der Waals surface area contributed by atoms with E-state index in [9.17, 15) is 4.79 Å². The number of thioether (sulfide) groups is 1. The first-order valence-corrected chi connectivity index (χ1v) is 9.92. The number of guanidine groups is 1. The Kier molecular flexibility index (Phi) is 13.4. The number of rotatable bonds is 9. The first-order chi connectivity index (χ1) is 11.1. The van der Waals surface area contributed by atoms with Gasteiger partial charge in [-0.05, 0) is 12.7 Å². The molecule has 1 aromatic heterocycles. The van der Waals surface area contributed by atoms with E-state index in [1.54, 1.807) is 42.1 Å². The average molecular weight is 485 g/mol. The first-order valence-electron chi connectivity index (χ1n) is 7.71. The molecule has 0 spiro atoms. The molecule has 6 nitrogen and oxygen atoms in total. The van der Waals surface area contributed by atoms with Crippen molar-refractivity contribution < 1.29 is 4.79 Å². The fraction of sp³-hybridized carbons (Fsp3) is 0.667. The van der Waals surface area contributed by atoms with E-state index in [2.05, 4.69) is 33.8 Å². The number of thiazole rings is 1. The van der Waals surface area contributed by atoms with Gasteiger partial charge in [0.1, 0.15) is 6.54 Å². The summed E-state index contributed by atoms with van der Waals surface area (Å²) in [4.78, 5) is 23.3. The molecular formula is C15H28IN5OS2. The van der Waals surface area contributed by atoms with Crippen LogP contribution in [0.1, 0.15) is 16.8 Å². The van der Waals surface area contributed by atoms with Gasteiger partial charge in [-0.2, -0.15) is 11.8 Å². The van der Waals surface area contributed by atoms with Crippen molar-refractivity contribution in [3.05, 3.63) is 16.1 Å². The van der Waals surface area contributed by atoms with Crippen LogP contribution < -0.4 is 10.6 Å². The molecule has 9 heteroatoms. The summed E-state index contributed by atoms with van der Waals surface area (Å²) in [6, 6.07) is 0. The number of carbonyl (C=O) groups is 1. The Morgan fingerprint density at radius 1 is 1.38 bits per heavy atom. The summed E-state index contributed by atoms with van der Waals surface area (Å²) in [5, 5.41) is 7.65. The van der Waals surface area contributed by atoms with Crippen LogP contribution >= 0.6 is 47.1 Å². The third-order valence-electron chi connectivity index (χ3n) is 3.05. The van der Waals surface area contributed by atoms with Gasteiger partial charge in [0.15, 0.2) is 5.96 Å². The maximum absolute atomic E-state index is 11.7. The second-order valence-corrected chi connectivity index (χ2v) is 7.31. The van der Waals surface area contributed by atoms with Crippen LogP contribution in [-0.4, -0.2) is 67.5 Å². The number of amides is 1. The smallest absolute Gasteiger partial charge is 0.243 e. The number of aryl methyl sites for hydroxylation is 1. The second kappa shape index (κ2) is 13.7. The van der Waals surface area contributed by atoms with E-state index in [0.29, 0.717) is 5.96 Å². The number of hydrogen-bond donors (Lipinski definition) is 2. The third kappa shape index (κ3) is 9.67. The van der Waals surface area contributed by atoms with E-state index in [4.69, 9.17) is 0 Å². The number of aliphatic imine (C=N–C) groups is 1. The monoisotopic (exact) mass is 485 g/mol. The van der Waals surface area contributed by atoms with Crippen molar-refractivity contribution in [3.8, 4) is 0 Å². The number of carbonyl (C=O) groups excluding carboxylic acids is 1. The van der Waals surface area contributed by atoms with Gasteiger partial charge < -0.3 is 15.5 Å². The molecule has 0 unspecified atom stereocenters. The van der Waals surface area contributed by atoms with Crippen LogP contribution in [-0.2, 0) is 17.6 Å². The van der Waals surface area contributed by atoms with E-state index < -0.39 is 0 Å². The average Bonchev–Trinajstić information content (AvgIpc) is 2.99. The summed E-state index contributed by atoms with van der Waals surface area (Å²) in [5.41, 5.74) is 0. The molecule has 1 rings (SSSR count). The highest BCUT2D eigenvalue weighted by molar-refractivity contribution is 14.0. The van der Waals surface area contributed by atoms with Crippen molar-refractivity contribution in [1.29, 1.82) is 0 Å². The molecule has 0 aromatic carbocycles. The Hall–Kier alpha value is -0.550. The number of hydrogen-bond acceptors (Lipinski definition) is 5. The predicted molar refractivity (Wildman–Crippen MR) is 116 cm³/mol. The molecule has 0 aliphatic heterocycles. The molecule has 1 heterocycles. The highest BCUT2D eigenvalue weighted by atomic mass is 127. The number of likely N-dealkylation sites (N-methyl/N-ethyl adjacent to an activating group) is 1. The van der Waals surface area contributed by atoms with Gasteiger partial charge >= 0.3 is 0 Å². The number of aromatic nitrogens is 1. The molecule has 1 amide bonds. The largest absolute Gasteiger partial charge is 0.356 e. The topological polar surface area (TPSA) is 69.6 Å². The van der Waals surface area contributed by atoms with Crippen LogP contribution in [0, 0.1) is 0 Å². The minimum absolute atomic E-state index is 0. The van der Waals surface area contributed by atoms with E-state index >= 15 is 0 Å². The van der Waals surface area contributed by atoms with Gasteiger partial charge in [0.05, 0.1) is 5.01 Å². The zero-order valence-corrected chi connectivity index (χ0v) is 18.8. The van der Waals surface area contributed by atoms with Crippen LogP contribution in [0.3, 0.4) is 0 Å². The maximum Gasteiger partial charge on any atom is 0.243 e. The van der Waals surface area contributed by atoms with E-state index in [1.807, 2.05) is 6.20 Å². The van der Waals surface area contributed by atoms with Gasteiger partial charge in [0.25, 0.3) is 0 Å². The van der Waals surface area contributed by atoms with Gasteiger partial charge in [-0.1, -0.05) is 6.92 Å². The van der Waals surface area contributed by atoms with Gasteiger partial charge in [0, 0.05) is 50.4 Å². The van der Waals surface area contributed by atoms with E-state index in [1.165, 1.54) is 4.88 Å². The van der Waals surface area contributed by atoms with Crippen LogP contribution in [0.15, 0.2) is 11.2 Å². The Morgan fingerprint density at radius 3 is 2.67 bits per heavy atom. The first kappa shape index (κ1) is 23.4. The van der Waals surface area contributed by atoms with Crippen LogP contribution in [0.2, 0.25) is 0 Å². The Balaban J connectivity index is 0.00000529. The predicted octanol–water partition coefficient (Wildman–Crippen LogP) is 1.85. The summed E-state index contributed by atoms with van der Waals surface area (Å²) >= 11 is 3.52. The quantitative estimate of drug-likeness (QED) is 0.242. The van der Waals surface area contributed by atoms with Crippen molar-refractivity contribution in [2.24, 2.45) is 4.99 Å². The SMILES string of the molecule is CCc1cnc(CCNC(=NCC(=O)N(C)C)NCCSC)s1.I. The molecule has 1 aromatic rings. The van der Waals surface area contributed by atoms with Crippen LogP contribution in [0.25, 0.3) is 0 Å². The summed E-state index contributed by atoms with van der Waals surface area (Å²) in [5.74, 6) is 1.67. The lowest BCUT2D eigenvalue weighted by Gasteiger charge is -2.13. The van der Waals surface area contributed by atoms with Gasteiger partial charge in [0.2, 0.25) is 5.91 Å². The molecular weight excluding hydrogens is 457 g/mol. The highest BCUT2D eigenvalue weighted by Gasteiger charge is 2.05. The van der Waals surface area contributed by atoms with Gasteiger partial charge in [-0.25, -0.2) is 9.98 Å². The number of halogens is 1. The van der Waals surface area contributed by atoms with Crippen molar-refractivity contribution in [2.75, 3.05) is 45.7 Å². The van der Waals surface area contributed by atoms with E-state index in [-0.39, 0.29) is 36.4 Å². The molecule has 0 bridgehead atoms. The van der Waals surface area contributed by atoms with Crippen molar-refractivity contribution in [3.63, 3.8) is 0 Å². The lowest BCUT2D eigenvalue weighted by molar-refractivity contribution is -0.127. The van der Waals surface area contributed by atoms with E-state index in [0.717, 1.165) is 36.7 Å². The minimum atomic E-state index is -0.0107. The molecule has 0 radical (unpaired) electrons. The van der Waals surface area contributed by atoms with Crippen molar-refractivity contribution in [2.45, 2.75) is 19.8 Å². The number of nitrogens with zero attached hydrogens (tertiary/aromatic N) is 3. The van der Waals surface area contributed by atoms with Crippen LogP contribution in [0.5, 0.6) is 0 Å². The Bertz CT molecular complexity index is 508. The summed E-state index contributed by atoms with van der Waals surface area (Å²) < 4.78 is 0. The van der Waals surface area contributed by atoms with Gasteiger partial charge in [-0.15, -0.1) is 35.3 Å². The summed E-state index contributed by atoms with van der Waals surface area (Å²) in [6.07, 6.45) is 5.90. The molecule has 24 heavy (non-hydrogen) atoms. The summed E-state index contributed by atoms with van der Waals surface area (Å²) in [7, 11) is 3.47. The highest BCUT2D eigenvalue weighted by Crippen LogP contribution is 2.13. The molecule has 0 atom stereocenters. The van der Waals surface area contributed by atoms with Crippen molar-refractivity contribution >= 4 is 58.9 Å². The molecule has 0 saturated carbocycles. The number of nitrogens with one attached hydrogen (secondary N) is 2. The Labute approximate surface area is 170 Å². The Morgan fingerprint density at radius 2 is 2.08 bits per heavy atom. The molecule has 0 aliphatic rings. The van der Waals surface area contributed by atoms with Gasteiger partial charge in [-0.3, -0.25) is 4.79 Å². The molecule has 2 N–H and O–H groups in total.